The second kappa shape index (κ2) is 7.57. The van der Waals surface area contributed by atoms with Crippen molar-refractivity contribution in [2.45, 2.75) is 13.0 Å². The third kappa shape index (κ3) is 4.74. The van der Waals surface area contributed by atoms with Crippen LogP contribution in [0.5, 0.6) is 5.75 Å². The Balaban J connectivity index is 1.74. The van der Waals surface area contributed by atoms with Crippen molar-refractivity contribution in [1.82, 2.24) is 5.32 Å². The first kappa shape index (κ1) is 13.6. The first-order valence-electron chi connectivity index (χ1n) is 6.20. The zero-order valence-corrected chi connectivity index (χ0v) is 11.5. The van der Waals surface area contributed by atoms with Gasteiger partial charge in [-0.2, -0.15) is 5.26 Å². The lowest BCUT2D eigenvalue weighted by Crippen LogP contribution is -2.16. The van der Waals surface area contributed by atoms with Crippen LogP contribution in [0.2, 0.25) is 0 Å². The van der Waals surface area contributed by atoms with Crippen LogP contribution in [0.4, 0.5) is 0 Å². The standard InChI is InChI=1S/C15H16N2OS/c16-7-9-18-14-4-1-3-13(11-14)12-17-8-6-15-5-2-10-19-15/h1-5,10-11,17H,6,8-9,12H2. The van der Waals surface area contributed by atoms with Gasteiger partial charge in [0, 0.05) is 18.0 Å². The van der Waals surface area contributed by atoms with Gasteiger partial charge in [0.15, 0.2) is 6.61 Å². The zero-order chi connectivity index (χ0) is 13.3. The summed E-state index contributed by atoms with van der Waals surface area (Å²) in [5.41, 5.74) is 1.17. The molecule has 1 aromatic heterocycles. The Morgan fingerprint density at radius 3 is 3.00 bits per heavy atom. The monoisotopic (exact) mass is 272 g/mol. The van der Waals surface area contributed by atoms with Crippen LogP contribution in [-0.2, 0) is 13.0 Å². The van der Waals surface area contributed by atoms with E-state index in [1.807, 2.05) is 24.3 Å². The Morgan fingerprint density at radius 1 is 1.26 bits per heavy atom. The van der Waals surface area contributed by atoms with Crippen LogP contribution >= 0.6 is 11.3 Å². The molecule has 0 bridgehead atoms. The topological polar surface area (TPSA) is 45.0 Å². The maximum atomic E-state index is 8.47. The van der Waals surface area contributed by atoms with Crippen molar-refractivity contribution in [3.05, 3.63) is 52.2 Å². The molecule has 0 unspecified atom stereocenters. The summed E-state index contributed by atoms with van der Waals surface area (Å²) in [6, 6.07) is 14.0. The average molecular weight is 272 g/mol. The van der Waals surface area contributed by atoms with E-state index in [4.69, 9.17) is 10.00 Å². The molecule has 19 heavy (non-hydrogen) atoms. The minimum absolute atomic E-state index is 0.0925. The van der Waals surface area contributed by atoms with Crippen molar-refractivity contribution >= 4 is 11.3 Å². The number of rotatable bonds is 7. The molecule has 0 aliphatic carbocycles. The predicted molar refractivity (Wildman–Crippen MR) is 77.3 cm³/mol. The van der Waals surface area contributed by atoms with E-state index in [1.165, 1.54) is 10.4 Å². The van der Waals surface area contributed by atoms with Crippen molar-refractivity contribution in [2.24, 2.45) is 0 Å². The molecule has 0 saturated heterocycles. The second-order valence-electron chi connectivity index (χ2n) is 4.10. The van der Waals surface area contributed by atoms with E-state index in [1.54, 1.807) is 11.3 Å². The number of thiophene rings is 1. The van der Waals surface area contributed by atoms with Crippen LogP contribution < -0.4 is 10.1 Å². The number of nitrogens with one attached hydrogen (secondary N) is 1. The highest BCUT2D eigenvalue weighted by atomic mass is 32.1. The predicted octanol–water partition coefficient (Wildman–Crippen LogP) is 2.98. The van der Waals surface area contributed by atoms with Crippen LogP contribution in [0.15, 0.2) is 41.8 Å². The molecule has 4 heteroatoms. The fraction of sp³-hybridized carbons (Fsp3) is 0.267. The van der Waals surface area contributed by atoms with Crippen LogP contribution in [0.3, 0.4) is 0 Å². The molecule has 0 atom stereocenters. The van der Waals surface area contributed by atoms with Crippen LogP contribution in [0, 0.1) is 11.3 Å². The van der Waals surface area contributed by atoms with Gasteiger partial charge in [0.25, 0.3) is 0 Å². The molecular formula is C15H16N2OS. The minimum atomic E-state index is 0.0925. The van der Waals surface area contributed by atoms with Gasteiger partial charge in [-0.1, -0.05) is 18.2 Å². The molecule has 0 saturated carbocycles. The summed E-state index contributed by atoms with van der Waals surface area (Å²) in [6.07, 6.45) is 1.06. The van der Waals surface area contributed by atoms with Crippen LogP contribution in [0.1, 0.15) is 10.4 Å². The molecular weight excluding hydrogens is 256 g/mol. The van der Waals surface area contributed by atoms with E-state index in [9.17, 15) is 0 Å². The van der Waals surface area contributed by atoms with Gasteiger partial charge in [-0.15, -0.1) is 11.3 Å². The SMILES string of the molecule is N#CCOc1cccc(CNCCc2cccs2)c1. The Hall–Kier alpha value is -1.83. The highest BCUT2D eigenvalue weighted by Gasteiger charge is 1.98. The first-order chi connectivity index (χ1) is 9.38. The van der Waals surface area contributed by atoms with E-state index >= 15 is 0 Å². The number of hydrogen-bond acceptors (Lipinski definition) is 4. The number of benzene rings is 1. The summed E-state index contributed by atoms with van der Waals surface area (Å²) in [4.78, 5) is 1.40. The van der Waals surface area contributed by atoms with Gasteiger partial charge in [0.05, 0.1) is 0 Å². The summed E-state index contributed by atoms with van der Waals surface area (Å²) in [5.74, 6) is 0.749. The molecule has 0 fully saturated rings. The van der Waals surface area contributed by atoms with Gasteiger partial charge >= 0.3 is 0 Å². The first-order valence-corrected chi connectivity index (χ1v) is 7.08. The largest absolute Gasteiger partial charge is 0.479 e. The maximum Gasteiger partial charge on any atom is 0.174 e. The van der Waals surface area contributed by atoms with E-state index in [0.717, 1.165) is 25.3 Å². The second-order valence-corrected chi connectivity index (χ2v) is 5.13. The molecule has 0 aliphatic heterocycles. The average Bonchev–Trinajstić information content (AvgIpc) is 2.95. The normalized spacial score (nSPS) is 10.1. The highest BCUT2D eigenvalue weighted by Crippen LogP contribution is 2.13. The van der Waals surface area contributed by atoms with Gasteiger partial charge in [-0.25, -0.2) is 0 Å². The Morgan fingerprint density at radius 2 is 2.21 bits per heavy atom. The van der Waals surface area contributed by atoms with E-state index in [2.05, 4.69) is 28.9 Å². The number of nitrogens with zero attached hydrogens (tertiary/aromatic N) is 1. The smallest absolute Gasteiger partial charge is 0.174 e. The quantitative estimate of drug-likeness (QED) is 0.788. The molecule has 1 N–H and O–H groups in total. The van der Waals surface area contributed by atoms with Crippen molar-refractivity contribution in [3.8, 4) is 11.8 Å². The molecule has 0 amide bonds. The van der Waals surface area contributed by atoms with Crippen LogP contribution in [-0.4, -0.2) is 13.2 Å². The van der Waals surface area contributed by atoms with Crippen molar-refractivity contribution in [3.63, 3.8) is 0 Å². The van der Waals surface area contributed by atoms with Gasteiger partial charge < -0.3 is 10.1 Å². The Kier molecular flexibility index (Phi) is 5.42. The van der Waals surface area contributed by atoms with E-state index in [-0.39, 0.29) is 6.61 Å². The van der Waals surface area contributed by atoms with E-state index in [0.29, 0.717) is 0 Å². The molecule has 3 nitrogen and oxygen atoms in total. The molecule has 1 heterocycles. The minimum Gasteiger partial charge on any atom is -0.479 e. The van der Waals surface area contributed by atoms with Crippen molar-refractivity contribution in [2.75, 3.05) is 13.2 Å². The summed E-state index contributed by atoms with van der Waals surface area (Å²) < 4.78 is 5.27. The molecule has 0 radical (unpaired) electrons. The fourth-order valence-electron chi connectivity index (χ4n) is 1.76. The Labute approximate surface area is 117 Å². The zero-order valence-electron chi connectivity index (χ0n) is 10.6. The van der Waals surface area contributed by atoms with Crippen LogP contribution in [0.25, 0.3) is 0 Å². The third-order valence-corrected chi connectivity index (χ3v) is 3.60. The van der Waals surface area contributed by atoms with Gasteiger partial charge in [-0.3, -0.25) is 0 Å². The lowest BCUT2D eigenvalue weighted by atomic mass is 10.2. The summed E-state index contributed by atoms with van der Waals surface area (Å²) >= 11 is 1.79. The van der Waals surface area contributed by atoms with Gasteiger partial charge in [0.2, 0.25) is 0 Å². The number of nitriles is 1. The molecule has 98 valence electrons. The number of ether oxygens (including phenoxy) is 1. The lowest BCUT2D eigenvalue weighted by Gasteiger charge is -2.06. The molecule has 2 rings (SSSR count). The lowest BCUT2D eigenvalue weighted by molar-refractivity contribution is 0.367. The Bertz CT molecular complexity index is 531. The molecule has 0 spiro atoms. The maximum absolute atomic E-state index is 8.47. The van der Waals surface area contributed by atoms with Crippen molar-refractivity contribution < 1.29 is 4.74 Å². The summed E-state index contributed by atoms with van der Waals surface area (Å²) in [5, 5.41) is 14.0. The summed E-state index contributed by atoms with van der Waals surface area (Å²) in [6.45, 7) is 1.87. The van der Waals surface area contributed by atoms with Crippen molar-refractivity contribution in [1.29, 1.82) is 5.26 Å². The molecule has 1 aromatic carbocycles. The number of hydrogen-bond donors (Lipinski definition) is 1. The third-order valence-electron chi connectivity index (χ3n) is 2.66. The molecule has 2 aromatic rings. The van der Waals surface area contributed by atoms with E-state index < -0.39 is 0 Å². The molecule has 0 aliphatic rings. The summed E-state index contributed by atoms with van der Waals surface area (Å²) in [7, 11) is 0. The fourth-order valence-corrected chi connectivity index (χ4v) is 2.47. The van der Waals surface area contributed by atoms with Gasteiger partial charge in [0.1, 0.15) is 11.8 Å². The van der Waals surface area contributed by atoms with Gasteiger partial charge in [-0.05, 0) is 35.6 Å². The highest BCUT2D eigenvalue weighted by molar-refractivity contribution is 7.09.